The summed E-state index contributed by atoms with van der Waals surface area (Å²) >= 11 is 13.0. The highest BCUT2D eigenvalue weighted by Gasteiger charge is 2.15. The van der Waals surface area contributed by atoms with Gasteiger partial charge in [0.2, 0.25) is 5.43 Å². The van der Waals surface area contributed by atoms with Gasteiger partial charge in [-0.15, -0.1) is 0 Å². The highest BCUT2D eigenvalue weighted by Crippen LogP contribution is 2.24. The number of fused-ring (bicyclic) bond motifs is 1. The van der Waals surface area contributed by atoms with Crippen molar-refractivity contribution in [3.8, 4) is 10.6 Å². The van der Waals surface area contributed by atoms with E-state index >= 15 is 0 Å². The average Bonchev–Trinajstić information content (AvgIpc) is 3.08. The molecule has 9 heteroatoms. The summed E-state index contributed by atoms with van der Waals surface area (Å²) in [6.07, 6.45) is 1.82. The number of nitrogens with zero attached hydrogens (tertiary/aromatic N) is 4. The van der Waals surface area contributed by atoms with Crippen LogP contribution in [0.1, 0.15) is 12.6 Å². The Bertz CT molecular complexity index is 1320. The van der Waals surface area contributed by atoms with Gasteiger partial charge in [-0.2, -0.15) is 5.10 Å². The van der Waals surface area contributed by atoms with Crippen molar-refractivity contribution in [1.29, 1.82) is 0 Å². The third kappa shape index (κ3) is 3.83. The lowest BCUT2D eigenvalue weighted by Gasteiger charge is -2.10. The standard InChI is InChI=1S/C20H18ClN5OS2/c1-3-25-10-14(17(27)13-9-8-12(2)23-18(13)25)19-24-26(20(28)29-19)11-22-16-7-5-4-6-15(16)21/h4-10,22H,3,11H2,1-2H3. The first-order chi connectivity index (χ1) is 14.0. The predicted molar refractivity (Wildman–Crippen MR) is 121 cm³/mol. The SMILES string of the molecule is CCn1cc(-c2nn(CNc3ccccc3Cl)c(=S)s2)c(=O)c2ccc(C)nc21. The minimum absolute atomic E-state index is 0.0906. The van der Waals surface area contributed by atoms with Gasteiger partial charge in [0.15, 0.2) is 8.96 Å². The molecular weight excluding hydrogens is 426 g/mol. The maximum Gasteiger partial charge on any atom is 0.201 e. The molecule has 3 heterocycles. The van der Waals surface area contributed by atoms with Gasteiger partial charge < -0.3 is 9.88 Å². The number of benzene rings is 1. The zero-order valence-electron chi connectivity index (χ0n) is 15.8. The van der Waals surface area contributed by atoms with Crippen LogP contribution in [0.3, 0.4) is 0 Å². The van der Waals surface area contributed by atoms with E-state index in [4.69, 9.17) is 23.8 Å². The maximum absolute atomic E-state index is 13.1. The van der Waals surface area contributed by atoms with Crippen LogP contribution >= 0.6 is 35.2 Å². The number of aryl methyl sites for hydroxylation is 2. The van der Waals surface area contributed by atoms with Crippen molar-refractivity contribution in [2.24, 2.45) is 0 Å². The zero-order chi connectivity index (χ0) is 20.5. The van der Waals surface area contributed by atoms with E-state index in [9.17, 15) is 4.79 Å². The third-order valence-corrected chi connectivity index (χ3v) is 6.20. The van der Waals surface area contributed by atoms with E-state index in [1.807, 2.05) is 61.0 Å². The van der Waals surface area contributed by atoms with Gasteiger partial charge >= 0.3 is 0 Å². The van der Waals surface area contributed by atoms with E-state index in [1.165, 1.54) is 11.3 Å². The first kappa shape index (κ1) is 19.8. The fraction of sp³-hybridized carbons (Fsp3) is 0.200. The van der Waals surface area contributed by atoms with Crippen molar-refractivity contribution < 1.29 is 0 Å². The fourth-order valence-electron chi connectivity index (χ4n) is 3.03. The number of pyridine rings is 2. The summed E-state index contributed by atoms with van der Waals surface area (Å²) < 4.78 is 4.20. The molecule has 0 aliphatic carbocycles. The van der Waals surface area contributed by atoms with Gasteiger partial charge in [-0.3, -0.25) is 4.79 Å². The second kappa shape index (κ2) is 8.06. The average molecular weight is 444 g/mol. The normalized spacial score (nSPS) is 11.1. The predicted octanol–water partition coefficient (Wildman–Crippen LogP) is 5.10. The van der Waals surface area contributed by atoms with Crippen LogP contribution in [0, 0.1) is 10.9 Å². The molecular formula is C20H18ClN5OS2. The van der Waals surface area contributed by atoms with Crippen LogP contribution < -0.4 is 10.7 Å². The number of hydrogen-bond acceptors (Lipinski definition) is 6. The number of aromatic nitrogens is 4. The molecule has 0 radical (unpaired) electrons. The molecule has 0 amide bonds. The van der Waals surface area contributed by atoms with Gasteiger partial charge in [0.25, 0.3) is 0 Å². The lowest BCUT2D eigenvalue weighted by atomic mass is 10.2. The fourth-order valence-corrected chi connectivity index (χ4v) is 4.35. The Morgan fingerprint density at radius 1 is 1.24 bits per heavy atom. The Morgan fingerprint density at radius 3 is 2.79 bits per heavy atom. The first-order valence-electron chi connectivity index (χ1n) is 9.05. The summed E-state index contributed by atoms with van der Waals surface area (Å²) in [5.74, 6) is 0. The molecule has 0 atom stereocenters. The van der Waals surface area contributed by atoms with Crippen molar-refractivity contribution in [2.75, 3.05) is 5.32 Å². The summed E-state index contributed by atoms with van der Waals surface area (Å²) in [6, 6.07) is 11.1. The topological polar surface area (TPSA) is 64.7 Å². The van der Waals surface area contributed by atoms with Gasteiger partial charge in [0.05, 0.1) is 21.7 Å². The van der Waals surface area contributed by atoms with Gasteiger partial charge in [-0.1, -0.05) is 35.1 Å². The van der Waals surface area contributed by atoms with Crippen LogP contribution in [0.2, 0.25) is 5.02 Å². The van der Waals surface area contributed by atoms with E-state index in [1.54, 1.807) is 4.68 Å². The lowest BCUT2D eigenvalue weighted by molar-refractivity contribution is 0.665. The highest BCUT2D eigenvalue weighted by molar-refractivity contribution is 7.73. The third-order valence-electron chi connectivity index (χ3n) is 4.53. The van der Waals surface area contributed by atoms with Crippen LogP contribution in [-0.4, -0.2) is 19.3 Å². The van der Waals surface area contributed by atoms with Crippen molar-refractivity contribution in [2.45, 2.75) is 27.1 Å². The number of anilines is 1. The molecule has 1 aromatic carbocycles. The second-order valence-electron chi connectivity index (χ2n) is 6.47. The Hall–Kier alpha value is -2.55. The van der Waals surface area contributed by atoms with Crippen molar-refractivity contribution >= 4 is 51.9 Å². The molecule has 6 nitrogen and oxygen atoms in total. The van der Waals surface area contributed by atoms with E-state index in [0.29, 0.717) is 43.8 Å². The minimum atomic E-state index is -0.0906. The number of halogens is 1. The minimum Gasteiger partial charge on any atom is -0.365 e. The molecule has 0 unspecified atom stereocenters. The molecule has 0 aliphatic rings. The number of rotatable bonds is 5. The number of hydrogen-bond donors (Lipinski definition) is 1. The summed E-state index contributed by atoms with van der Waals surface area (Å²) in [5.41, 5.74) is 2.79. The summed E-state index contributed by atoms with van der Waals surface area (Å²) in [5, 5.41) is 9.59. The molecule has 0 saturated carbocycles. The molecule has 0 saturated heterocycles. The monoisotopic (exact) mass is 443 g/mol. The Kier molecular flexibility index (Phi) is 5.49. The van der Waals surface area contributed by atoms with Crippen LogP contribution in [0.25, 0.3) is 21.6 Å². The van der Waals surface area contributed by atoms with Gasteiger partial charge in [0, 0.05) is 18.4 Å². The van der Waals surface area contributed by atoms with E-state index in [2.05, 4.69) is 15.4 Å². The van der Waals surface area contributed by atoms with Crippen molar-refractivity contribution in [1.82, 2.24) is 19.3 Å². The number of para-hydroxylation sites is 1. The van der Waals surface area contributed by atoms with Crippen molar-refractivity contribution in [3.05, 3.63) is 67.5 Å². The largest absolute Gasteiger partial charge is 0.365 e. The Morgan fingerprint density at radius 2 is 2.03 bits per heavy atom. The lowest BCUT2D eigenvalue weighted by Crippen LogP contribution is -2.14. The van der Waals surface area contributed by atoms with Gasteiger partial charge in [-0.05, 0) is 50.3 Å². The van der Waals surface area contributed by atoms with Crippen LogP contribution in [0.5, 0.6) is 0 Å². The Balaban J connectivity index is 1.74. The van der Waals surface area contributed by atoms with Gasteiger partial charge in [0.1, 0.15) is 12.3 Å². The quantitative estimate of drug-likeness (QED) is 0.434. The Labute approximate surface area is 181 Å². The van der Waals surface area contributed by atoms with E-state index < -0.39 is 0 Å². The van der Waals surface area contributed by atoms with E-state index in [0.717, 1.165) is 11.4 Å². The van der Waals surface area contributed by atoms with Gasteiger partial charge in [-0.25, -0.2) is 9.67 Å². The molecule has 148 valence electrons. The maximum atomic E-state index is 13.1. The summed E-state index contributed by atoms with van der Waals surface area (Å²) in [6.45, 7) is 4.98. The van der Waals surface area contributed by atoms with Crippen LogP contribution in [-0.2, 0) is 13.2 Å². The molecule has 0 aliphatic heterocycles. The first-order valence-corrected chi connectivity index (χ1v) is 10.7. The molecule has 29 heavy (non-hydrogen) atoms. The molecule has 4 rings (SSSR count). The molecule has 0 spiro atoms. The molecule has 4 aromatic rings. The molecule has 0 fully saturated rings. The van der Waals surface area contributed by atoms with E-state index in [-0.39, 0.29) is 5.43 Å². The smallest absolute Gasteiger partial charge is 0.201 e. The summed E-state index contributed by atoms with van der Waals surface area (Å²) in [4.78, 5) is 17.6. The summed E-state index contributed by atoms with van der Waals surface area (Å²) in [7, 11) is 0. The van der Waals surface area contributed by atoms with Crippen LogP contribution in [0.4, 0.5) is 5.69 Å². The number of nitrogens with one attached hydrogen (secondary N) is 1. The highest BCUT2D eigenvalue weighted by atomic mass is 35.5. The molecule has 1 N–H and O–H groups in total. The van der Waals surface area contributed by atoms with Crippen molar-refractivity contribution in [3.63, 3.8) is 0 Å². The zero-order valence-corrected chi connectivity index (χ0v) is 18.2. The second-order valence-corrected chi connectivity index (χ2v) is 8.50. The molecule has 0 bridgehead atoms. The van der Waals surface area contributed by atoms with Crippen LogP contribution in [0.15, 0.2) is 47.4 Å². The molecule has 3 aromatic heterocycles.